The maximum absolute atomic E-state index is 5.70. The third kappa shape index (κ3) is 3.50. The van der Waals surface area contributed by atoms with Crippen LogP contribution in [-0.2, 0) is 0 Å². The van der Waals surface area contributed by atoms with Gasteiger partial charge in [0.25, 0.3) is 0 Å². The number of benzene rings is 1. The highest BCUT2D eigenvalue weighted by Crippen LogP contribution is 2.28. The lowest BCUT2D eigenvalue weighted by atomic mass is 10.1. The Kier molecular flexibility index (Phi) is 5.12. The average Bonchev–Trinajstić information content (AvgIpc) is 2.26. The Hall–Kier alpha value is -0.540. The lowest BCUT2D eigenvalue weighted by Gasteiger charge is -2.16. The summed E-state index contributed by atoms with van der Waals surface area (Å²) in [6.07, 6.45) is 1.03. The van der Waals surface area contributed by atoms with Crippen LogP contribution in [0.25, 0.3) is 0 Å². The number of nitrogens with one attached hydrogen (secondary N) is 1. The van der Waals surface area contributed by atoms with E-state index >= 15 is 0 Å². The molecule has 1 N–H and O–H groups in total. The van der Waals surface area contributed by atoms with Crippen molar-refractivity contribution >= 4 is 15.9 Å². The molecule has 0 heterocycles. The molecule has 3 heteroatoms. The van der Waals surface area contributed by atoms with Crippen molar-refractivity contribution in [1.29, 1.82) is 0 Å². The molecule has 1 aromatic rings. The Balaban J connectivity index is 2.92. The minimum absolute atomic E-state index is 0.300. The normalized spacial score (nSPS) is 12.5. The molecule has 1 unspecified atom stereocenters. The van der Waals surface area contributed by atoms with Crippen LogP contribution in [0.5, 0.6) is 5.75 Å². The molecule has 0 radical (unpaired) electrons. The van der Waals surface area contributed by atoms with Gasteiger partial charge in [0, 0.05) is 16.1 Å². The highest BCUT2D eigenvalue weighted by molar-refractivity contribution is 9.10. The van der Waals surface area contributed by atoms with E-state index in [2.05, 4.69) is 41.2 Å². The van der Waals surface area contributed by atoms with Crippen LogP contribution < -0.4 is 10.1 Å². The summed E-state index contributed by atoms with van der Waals surface area (Å²) < 4.78 is 6.79. The van der Waals surface area contributed by atoms with Gasteiger partial charge in [0.2, 0.25) is 0 Å². The molecule has 0 bridgehead atoms. The monoisotopic (exact) mass is 271 g/mol. The summed E-state index contributed by atoms with van der Waals surface area (Å²) in [4.78, 5) is 0. The number of rotatable bonds is 5. The van der Waals surface area contributed by atoms with E-state index in [0.29, 0.717) is 6.04 Å². The van der Waals surface area contributed by atoms with Gasteiger partial charge in [-0.15, -0.1) is 0 Å². The van der Waals surface area contributed by atoms with Gasteiger partial charge in [-0.1, -0.05) is 22.9 Å². The Morgan fingerprint density at radius 1 is 1.47 bits per heavy atom. The van der Waals surface area contributed by atoms with E-state index in [1.807, 2.05) is 19.2 Å². The van der Waals surface area contributed by atoms with Crippen molar-refractivity contribution in [3.05, 3.63) is 28.2 Å². The van der Waals surface area contributed by atoms with E-state index in [1.165, 1.54) is 5.56 Å². The van der Waals surface area contributed by atoms with Gasteiger partial charge in [-0.2, -0.15) is 0 Å². The van der Waals surface area contributed by atoms with Gasteiger partial charge in [-0.25, -0.2) is 0 Å². The van der Waals surface area contributed by atoms with Gasteiger partial charge < -0.3 is 10.1 Å². The lowest BCUT2D eigenvalue weighted by Crippen LogP contribution is -2.14. The van der Waals surface area contributed by atoms with Crippen LogP contribution in [0.3, 0.4) is 0 Å². The van der Waals surface area contributed by atoms with Gasteiger partial charge in [0.05, 0.1) is 6.61 Å². The minimum atomic E-state index is 0.300. The van der Waals surface area contributed by atoms with Crippen LogP contribution >= 0.6 is 15.9 Å². The standard InChI is InChI=1S/C12H18BrNO/c1-4-7-15-12-6-5-10(13)8-11(12)9(2)14-3/h5-6,8-9,14H,4,7H2,1-3H3. The van der Waals surface area contributed by atoms with Gasteiger partial charge >= 0.3 is 0 Å². The first kappa shape index (κ1) is 12.5. The predicted molar refractivity (Wildman–Crippen MR) is 67.4 cm³/mol. The van der Waals surface area contributed by atoms with Crippen molar-refractivity contribution in [2.24, 2.45) is 0 Å². The first-order valence-corrected chi connectivity index (χ1v) is 6.07. The smallest absolute Gasteiger partial charge is 0.124 e. The molecular formula is C12H18BrNO. The van der Waals surface area contributed by atoms with Gasteiger partial charge in [-0.3, -0.25) is 0 Å². The first-order chi connectivity index (χ1) is 7.19. The minimum Gasteiger partial charge on any atom is -0.493 e. The zero-order chi connectivity index (χ0) is 11.3. The van der Waals surface area contributed by atoms with Crippen molar-refractivity contribution in [2.45, 2.75) is 26.3 Å². The third-order valence-corrected chi connectivity index (χ3v) is 2.83. The number of hydrogen-bond donors (Lipinski definition) is 1. The number of hydrogen-bond acceptors (Lipinski definition) is 2. The van der Waals surface area contributed by atoms with Crippen molar-refractivity contribution in [3.63, 3.8) is 0 Å². The van der Waals surface area contributed by atoms with E-state index < -0.39 is 0 Å². The van der Waals surface area contributed by atoms with E-state index in [4.69, 9.17) is 4.74 Å². The SMILES string of the molecule is CCCOc1ccc(Br)cc1C(C)NC. The second-order valence-corrected chi connectivity index (χ2v) is 4.46. The zero-order valence-corrected chi connectivity index (χ0v) is 11.1. The van der Waals surface area contributed by atoms with E-state index in [9.17, 15) is 0 Å². The van der Waals surface area contributed by atoms with Crippen LogP contribution in [-0.4, -0.2) is 13.7 Å². The largest absolute Gasteiger partial charge is 0.493 e. The summed E-state index contributed by atoms with van der Waals surface area (Å²) in [6.45, 7) is 5.01. The maximum atomic E-state index is 5.70. The zero-order valence-electron chi connectivity index (χ0n) is 9.51. The summed E-state index contributed by atoms with van der Waals surface area (Å²) in [5.74, 6) is 0.974. The predicted octanol–water partition coefficient (Wildman–Crippen LogP) is 3.52. The molecule has 0 spiro atoms. The highest BCUT2D eigenvalue weighted by Gasteiger charge is 2.10. The van der Waals surface area contributed by atoms with E-state index in [0.717, 1.165) is 23.2 Å². The summed E-state index contributed by atoms with van der Waals surface area (Å²) in [5, 5.41) is 3.22. The number of ether oxygens (including phenoxy) is 1. The first-order valence-electron chi connectivity index (χ1n) is 5.28. The molecule has 0 saturated carbocycles. The second kappa shape index (κ2) is 6.13. The fourth-order valence-corrected chi connectivity index (χ4v) is 1.74. The molecule has 0 aliphatic heterocycles. The average molecular weight is 272 g/mol. The Morgan fingerprint density at radius 3 is 2.80 bits per heavy atom. The van der Waals surface area contributed by atoms with Gasteiger partial charge in [0.1, 0.15) is 5.75 Å². The van der Waals surface area contributed by atoms with E-state index in [-0.39, 0.29) is 0 Å². The summed E-state index contributed by atoms with van der Waals surface area (Å²) in [6, 6.07) is 6.43. The summed E-state index contributed by atoms with van der Waals surface area (Å²) >= 11 is 3.48. The van der Waals surface area contributed by atoms with Crippen LogP contribution in [0.1, 0.15) is 31.9 Å². The fourth-order valence-electron chi connectivity index (χ4n) is 1.36. The molecule has 0 amide bonds. The maximum Gasteiger partial charge on any atom is 0.124 e. The molecule has 15 heavy (non-hydrogen) atoms. The topological polar surface area (TPSA) is 21.3 Å². The van der Waals surface area contributed by atoms with Crippen molar-refractivity contribution in [1.82, 2.24) is 5.32 Å². The van der Waals surface area contributed by atoms with Gasteiger partial charge in [0.15, 0.2) is 0 Å². The number of halogens is 1. The third-order valence-electron chi connectivity index (χ3n) is 2.33. The molecule has 1 aromatic carbocycles. The molecule has 0 fully saturated rings. The van der Waals surface area contributed by atoms with Crippen molar-refractivity contribution < 1.29 is 4.74 Å². The molecule has 0 aliphatic carbocycles. The Labute approximate surface area is 100 Å². The van der Waals surface area contributed by atoms with Crippen LogP contribution in [0.2, 0.25) is 0 Å². The van der Waals surface area contributed by atoms with E-state index in [1.54, 1.807) is 0 Å². The Bertz CT molecular complexity index is 314. The summed E-state index contributed by atoms with van der Waals surface area (Å²) in [5.41, 5.74) is 1.19. The molecule has 0 saturated heterocycles. The molecule has 1 atom stereocenters. The molecule has 84 valence electrons. The highest BCUT2D eigenvalue weighted by atomic mass is 79.9. The fraction of sp³-hybridized carbons (Fsp3) is 0.500. The molecule has 2 nitrogen and oxygen atoms in total. The molecule has 0 aromatic heterocycles. The van der Waals surface area contributed by atoms with Gasteiger partial charge in [-0.05, 0) is 38.6 Å². The van der Waals surface area contributed by atoms with Crippen molar-refractivity contribution in [3.8, 4) is 5.75 Å². The quantitative estimate of drug-likeness (QED) is 0.885. The Morgan fingerprint density at radius 2 is 2.20 bits per heavy atom. The second-order valence-electron chi connectivity index (χ2n) is 3.54. The van der Waals surface area contributed by atoms with Crippen LogP contribution in [0.4, 0.5) is 0 Å². The summed E-state index contributed by atoms with van der Waals surface area (Å²) in [7, 11) is 1.95. The lowest BCUT2D eigenvalue weighted by molar-refractivity contribution is 0.311. The van der Waals surface area contributed by atoms with Crippen LogP contribution in [0, 0.1) is 0 Å². The molecule has 0 aliphatic rings. The molecule has 1 rings (SSSR count). The van der Waals surface area contributed by atoms with Crippen LogP contribution in [0.15, 0.2) is 22.7 Å². The van der Waals surface area contributed by atoms with Crippen molar-refractivity contribution in [2.75, 3.05) is 13.7 Å². The molecular weight excluding hydrogens is 254 g/mol.